The van der Waals surface area contributed by atoms with Crippen LogP contribution in [0.3, 0.4) is 0 Å². The molecule has 60 valence electrons. The molecule has 1 aromatic heterocycles. The molecule has 11 heavy (non-hydrogen) atoms. The Morgan fingerprint density at radius 2 is 2.09 bits per heavy atom. The normalized spacial score (nSPS) is 11.5. The Labute approximate surface area is 67.2 Å². The van der Waals surface area contributed by atoms with Gasteiger partial charge in [0.15, 0.2) is 0 Å². The zero-order chi connectivity index (χ0) is 8.32. The zero-order valence-electron chi connectivity index (χ0n) is 7.16. The zero-order valence-corrected chi connectivity index (χ0v) is 7.16. The smallest absolute Gasteiger partial charge is 0.104 e. The molecule has 0 aliphatic carbocycles. The lowest BCUT2D eigenvalue weighted by Crippen LogP contribution is -2.20. The minimum atomic E-state index is -0.277. The molecule has 0 aliphatic rings. The second kappa shape index (κ2) is 3.01. The van der Waals surface area contributed by atoms with Crippen LogP contribution in [0.2, 0.25) is 0 Å². The molecule has 0 amide bonds. The Bertz CT molecular complexity index is 218. The summed E-state index contributed by atoms with van der Waals surface area (Å²) in [5.41, 5.74) is 0.684. The second-order valence-electron chi connectivity index (χ2n) is 2.93. The molecule has 0 saturated heterocycles. The second-order valence-corrected chi connectivity index (χ2v) is 2.93. The van der Waals surface area contributed by atoms with Crippen molar-refractivity contribution in [2.45, 2.75) is 19.4 Å². The number of nitrogens with zero attached hydrogens (tertiary/aromatic N) is 1. The van der Waals surface area contributed by atoms with Gasteiger partial charge in [-0.05, 0) is 26.0 Å². The van der Waals surface area contributed by atoms with Crippen molar-refractivity contribution < 1.29 is 4.74 Å². The highest BCUT2D eigenvalue weighted by atomic mass is 16.5. The van der Waals surface area contributed by atoms with Crippen molar-refractivity contribution in [1.82, 2.24) is 4.98 Å². The first-order valence-electron chi connectivity index (χ1n) is 3.63. The molecule has 0 radical (unpaired) electrons. The quantitative estimate of drug-likeness (QED) is 0.644. The van der Waals surface area contributed by atoms with Crippen molar-refractivity contribution in [3.8, 4) is 0 Å². The first-order chi connectivity index (χ1) is 5.17. The molecule has 0 aliphatic heterocycles. The Hall–Kier alpha value is -0.890. The van der Waals surface area contributed by atoms with Crippen molar-refractivity contribution in [1.29, 1.82) is 0 Å². The largest absolute Gasteiger partial charge is 0.373 e. The van der Waals surface area contributed by atoms with Gasteiger partial charge in [-0.1, -0.05) is 6.07 Å². The van der Waals surface area contributed by atoms with E-state index in [1.54, 1.807) is 13.3 Å². The van der Waals surface area contributed by atoms with Crippen LogP contribution in [0.15, 0.2) is 24.4 Å². The topological polar surface area (TPSA) is 22.1 Å². The monoisotopic (exact) mass is 151 g/mol. The van der Waals surface area contributed by atoms with Crippen LogP contribution in [0.5, 0.6) is 0 Å². The number of pyridine rings is 1. The first kappa shape index (κ1) is 8.21. The van der Waals surface area contributed by atoms with E-state index in [0.29, 0.717) is 0 Å². The van der Waals surface area contributed by atoms with Crippen LogP contribution >= 0.6 is 0 Å². The van der Waals surface area contributed by atoms with E-state index in [1.165, 1.54) is 0 Å². The van der Waals surface area contributed by atoms with Gasteiger partial charge in [0.05, 0.1) is 5.69 Å². The molecular formula is C9H13NO. The fourth-order valence-corrected chi connectivity index (χ4v) is 0.823. The maximum Gasteiger partial charge on any atom is 0.104 e. The molecule has 0 fully saturated rings. The van der Waals surface area contributed by atoms with Gasteiger partial charge < -0.3 is 4.74 Å². The number of methoxy groups -OCH3 is 1. The summed E-state index contributed by atoms with van der Waals surface area (Å²) in [7, 11) is 1.69. The highest BCUT2D eigenvalue weighted by molar-refractivity contribution is 5.10. The van der Waals surface area contributed by atoms with Crippen LogP contribution in [-0.4, -0.2) is 12.1 Å². The van der Waals surface area contributed by atoms with Crippen molar-refractivity contribution in [2.75, 3.05) is 7.11 Å². The summed E-state index contributed by atoms with van der Waals surface area (Å²) in [6, 6.07) is 5.82. The van der Waals surface area contributed by atoms with Gasteiger partial charge in [-0.3, -0.25) is 4.98 Å². The van der Waals surface area contributed by atoms with Crippen LogP contribution in [0.1, 0.15) is 19.5 Å². The predicted octanol–water partition coefficient (Wildman–Crippen LogP) is 1.96. The first-order valence-corrected chi connectivity index (χ1v) is 3.63. The standard InChI is InChI=1S/C9H13NO/c1-9(2,11-3)8-6-4-5-7-10-8/h4-7H,1-3H3. The number of rotatable bonds is 2. The summed E-state index contributed by atoms with van der Waals surface area (Å²) in [6.07, 6.45) is 1.77. The Balaban J connectivity index is 2.93. The predicted molar refractivity (Wildman–Crippen MR) is 44.3 cm³/mol. The number of aromatic nitrogens is 1. The highest BCUT2D eigenvalue weighted by Crippen LogP contribution is 2.20. The van der Waals surface area contributed by atoms with E-state index in [9.17, 15) is 0 Å². The molecule has 1 rings (SSSR count). The third kappa shape index (κ3) is 1.77. The number of ether oxygens (including phenoxy) is 1. The van der Waals surface area contributed by atoms with E-state index in [1.807, 2.05) is 32.0 Å². The lowest BCUT2D eigenvalue weighted by Gasteiger charge is -2.21. The van der Waals surface area contributed by atoms with E-state index in [4.69, 9.17) is 4.74 Å². The molecule has 0 bridgehead atoms. The van der Waals surface area contributed by atoms with Crippen molar-refractivity contribution >= 4 is 0 Å². The van der Waals surface area contributed by atoms with Crippen molar-refractivity contribution in [3.63, 3.8) is 0 Å². The Morgan fingerprint density at radius 3 is 2.55 bits per heavy atom. The molecule has 1 aromatic rings. The van der Waals surface area contributed by atoms with Crippen molar-refractivity contribution in [2.24, 2.45) is 0 Å². The molecule has 0 aromatic carbocycles. The molecule has 2 nitrogen and oxygen atoms in total. The molecule has 0 spiro atoms. The van der Waals surface area contributed by atoms with Gasteiger partial charge in [-0.25, -0.2) is 0 Å². The third-order valence-electron chi connectivity index (χ3n) is 1.79. The van der Waals surface area contributed by atoms with Gasteiger partial charge in [0, 0.05) is 13.3 Å². The summed E-state index contributed by atoms with van der Waals surface area (Å²) in [5.74, 6) is 0. The van der Waals surface area contributed by atoms with E-state index in [0.717, 1.165) is 5.69 Å². The van der Waals surface area contributed by atoms with Gasteiger partial charge in [-0.15, -0.1) is 0 Å². The molecular weight excluding hydrogens is 138 g/mol. The van der Waals surface area contributed by atoms with Crippen LogP contribution in [-0.2, 0) is 10.3 Å². The fraction of sp³-hybridized carbons (Fsp3) is 0.444. The van der Waals surface area contributed by atoms with Crippen molar-refractivity contribution in [3.05, 3.63) is 30.1 Å². The summed E-state index contributed by atoms with van der Waals surface area (Å²) >= 11 is 0. The molecule has 0 unspecified atom stereocenters. The van der Waals surface area contributed by atoms with Crippen LogP contribution in [0, 0.1) is 0 Å². The summed E-state index contributed by atoms with van der Waals surface area (Å²) < 4.78 is 5.26. The van der Waals surface area contributed by atoms with Gasteiger partial charge in [0.25, 0.3) is 0 Å². The number of hydrogen-bond donors (Lipinski definition) is 0. The maximum absolute atomic E-state index is 5.26. The summed E-state index contributed by atoms with van der Waals surface area (Å²) in [4.78, 5) is 4.20. The molecule has 0 N–H and O–H groups in total. The van der Waals surface area contributed by atoms with Gasteiger partial charge in [0.2, 0.25) is 0 Å². The molecule has 2 heteroatoms. The van der Waals surface area contributed by atoms with Gasteiger partial charge in [0.1, 0.15) is 5.60 Å². The van der Waals surface area contributed by atoms with Crippen LogP contribution < -0.4 is 0 Å². The number of hydrogen-bond acceptors (Lipinski definition) is 2. The minimum Gasteiger partial charge on any atom is -0.373 e. The molecule has 0 saturated carbocycles. The average Bonchev–Trinajstić information content (AvgIpc) is 2.06. The minimum absolute atomic E-state index is 0.277. The van der Waals surface area contributed by atoms with Crippen LogP contribution in [0.4, 0.5) is 0 Å². The van der Waals surface area contributed by atoms with Gasteiger partial charge >= 0.3 is 0 Å². The van der Waals surface area contributed by atoms with E-state index in [2.05, 4.69) is 4.98 Å². The molecule has 1 heterocycles. The van der Waals surface area contributed by atoms with Gasteiger partial charge in [-0.2, -0.15) is 0 Å². The average molecular weight is 151 g/mol. The lowest BCUT2D eigenvalue weighted by molar-refractivity contribution is 0.0155. The summed E-state index contributed by atoms with van der Waals surface area (Å²) in [5, 5.41) is 0. The maximum atomic E-state index is 5.26. The third-order valence-corrected chi connectivity index (χ3v) is 1.79. The highest BCUT2D eigenvalue weighted by Gasteiger charge is 2.19. The van der Waals surface area contributed by atoms with E-state index in [-0.39, 0.29) is 5.60 Å². The molecule has 0 atom stereocenters. The van der Waals surface area contributed by atoms with E-state index < -0.39 is 0 Å². The lowest BCUT2D eigenvalue weighted by atomic mass is 10.0. The SMILES string of the molecule is COC(C)(C)c1ccccn1. The Morgan fingerprint density at radius 1 is 1.36 bits per heavy atom. The van der Waals surface area contributed by atoms with Crippen LogP contribution in [0.25, 0.3) is 0 Å². The summed E-state index contributed by atoms with van der Waals surface area (Å²) in [6.45, 7) is 3.99. The fourth-order valence-electron chi connectivity index (χ4n) is 0.823. The van der Waals surface area contributed by atoms with E-state index >= 15 is 0 Å². The Kier molecular flexibility index (Phi) is 2.25.